The van der Waals surface area contributed by atoms with E-state index in [2.05, 4.69) is 25.2 Å². The number of fused-ring (bicyclic) bond motifs is 1. The summed E-state index contributed by atoms with van der Waals surface area (Å²) < 4.78 is 11.8. The summed E-state index contributed by atoms with van der Waals surface area (Å²) in [6, 6.07) is 6.35. The van der Waals surface area contributed by atoms with Gasteiger partial charge in [0.05, 0.1) is 6.61 Å². The molecule has 4 heteroatoms. The van der Waals surface area contributed by atoms with Crippen molar-refractivity contribution in [3.63, 3.8) is 0 Å². The van der Waals surface area contributed by atoms with Crippen LogP contribution in [0.4, 0.5) is 0 Å². The van der Waals surface area contributed by atoms with Gasteiger partial charge < -0.3 is 19.9 Å². The van der Waals surface area contributed by atoms with E-state index in [-0.39, 0.29) is 12.2 Å². The average molecular weight is 279 g/mol. The van der Waals surface area contributed by atoms with Gasteiger partial charge in [-0.25, -0.2) is 0 Å². The molecule has 0 radical (unpaired) electrons. The molecule has 0 saturated heterocycles. The van der Waals surface area contributed by atoms with E-state index in [9.17, 15) is 0 Å². The van der Waals surface area contributed by atoms with E-state index in [0.717, 1.165) is 30.8 Å². The van der Waals surface area contributed by atoms with Gasteiger partial charge in [0, 0.05) is 30.7 Å². The van der Waals surface area contributed by atoms with Crippen LogP contribution in [0.3, 0.4) is 0 Å². The molecule has 1 aromatic carbocycles. The number of ether oxygens (including phenoxy) is 2. The minimum atomic E-state index is -0.170. The molecule has 112 valence electrons. The first-order valence-electron chi connectivity index (χ1n) is 7.29. The van der Waals surface area contributed by atoms with Crippen LogP contribution in [0.15, 0.2) is 18.2 Å². The number of rotatable bonds is 6. The number of hydrogen-bond donors (Lipinski definition) is 2. The first-order valence-corrected chi connectivity index (χ1v) is 7.29. The molecule has 2 N–H and O–H groups in total. The molecule has 0 spiro atoms. The van der Waals surface area contributed by atoms with Gasteiger partial charge in [0.1, 0.15) is 17.1 Å². The molecule has 0 aliphatic carbocycles. The Labute approximate surface area is 121 Å². The highest BCUT2D eigenvalue weighted by Gasteiger charge is 2.33. The van der Waals surface area contributed by atoms with Crippen LogP contribution in [0.1, 0.15) is 44.7 Å². The number of aliphatic hydroxyl groups is 1. The van der Waals surface area contributed by atoms with Crippen molar-refractivity contribution in [2.45, 2.75) is 44.8 Å². The lowest BCUT2D eigenvalue weighted by atomic mass is 9.90. The number of benzene rings is 1. The summed E-state index contributed by atoms with van der Waals surface area (Å²) in [5, 5.41) is 12.1. The Morgan fingerprint density at radius 3 is 2.90 bits per heavy atom. The second-order valence-corrected chi connectivity index (χ2v) is 5.89. The molecule has 1 aliphatic rings. The molecule has 0 fully saturated rings. The van der Waals surface area contributed by atoms with Crippen molar-refractivity contribution in [2.24, 2.45) is 0 Å². The summed E-state index contributed by atoms with van der Waals surface area (Å²) >= 11 is 0. The van der Waals surface area contributed by atoms with Gasteiger partial charge in [0.25, 0.3) is 0 Å². The third-order valence-electron chi connectivity index (χ3n) is 3.61. The lowest BCUT2D eigenvalue weighted by molar-refractivity contribution is 0.0671. The van der Waals surface area contributed by atoms with Crippen LogP contribution in [0.5, 0.6) is 11.5 Å². The maximum Gasteiger partial charge on any atom is 0.128 e. The number of nitrogens with one attached hydrogen (secondary N) is 1. The van der Waals surface area contributed by atoms with Crippen molar-refractivity contribution in [3.05, 3.63) is 23.8 Å². The lowest BCUT2D eigenvalue weighted by Crippen LogP contribution is -2.38. The van der Waals surface area contributed by atoms with Gasteiger partial charge >= 0.3 is 0 Å². The van der Waals surface area contributed by atoms with Crippen molar-refractivity contribution in [1.82, 2.24) is 5.32 Å². The van der Waals surface area contributed by atoms with Gasteiger partial charge in [-0.05, 0) is 39.8 Å². The molecule has 4 nitrogen and oxygen atoms in total. The fourth-order valence-corrected chi connectivity index (χ4v) is 2.58. The topological polar surface area (TPSA) is 50.7 Å². The summed E-state index contributed by atoms with van der Waals surface area (Å²) in [4.78, 5) is 0. The van der Waals surface area contributed by atoms with E-state index in [0.29, 0.717) is 12.6 Å². The SMILES string of the molecule is CNC1CC(C)(C)Oc2cc(OCCCCO)ccc21. The van der Waals surface area contributed by atoms with Crippen molar-refractivity contribution in [3.8, 4) is 11.5 Å². The monoisotopic (exact) mass is 279 g/mol. The Balaban J connectivity index is 2.09. The van der Waals surface area contributed by atoms with E-state index in [1.54, 1.807) is 0 Å². The maximum absolute atomic E-state index is 8.75. The minimum Gasteiger partial charge on any atom is -0.493 e. The van der Waals surface area contributed by atoms with Gasteiger partial charge in [-0.15, -0.1) is 0 Å². The summed E-state index contributed by atoms with van der Waals surface area (Å²) in [5.41, 5.74) is 1.02. The highest BCUT2D eigenvalue weighted by Crippen LogP contribution is 2.40. The molecule has 20 heavy (non-hydrogen) atoms. The van der Waals surface area contributed by atoms with Gasteiger partial charge in [0.15, 0.2) is 0 Å². The fourth-order valence-electron chi connectivity index (χ4n) is 2.58. The molecule has 1 heterocycles. The standard InChI is InChI=1S/C16H25NO3/c1-16(2)11-14(17-3)13-7-6-12(10-15(13)20-16)19-9-5-4-8-18/h6-7,10,14,17-18H,4-5,8-9,11H2,1-3H3. The van der Waals surface area contributed by atoms with Crippen LogP contribution in [0.2, 0.25) is 0 Å². The first-order chi connectivity index (χ1) is 9.55. The highest BCUT2D eigenvalue weighted by atomic mass is 16.5. The molecule has 0 aromatic heterocycles. The Morgan fingerprint density at radius 1 is 1.40 bits per heavy atom. The van der Waals surface area contributed by atoms with E-state index < -0.39 is 0 Å². The summed E-state index contributed by atoms with van der Waals surface area (Å²) in [7, 11) is 1.98. The van der Waals surface area contributed by atoms with E-state index in [4.69, 9.17) is 14.6 Å². The van der Waals surface area contributed by atoms with E-state index in [1.165, 1.54) is 5.56 Å². The maximum atomic E-state index is 8.75. The smallest absolute Gasteiger partial charge is 0.128 e. The number of aliphatic hydroxyl groups excluding tert-OH is 1. The molecule has 1 aromatic rings. The van der Waals surface area contributed by atoms with Crippen molar-refractivity contribution >= 4 is 0 Å². The van der Waals surface area contributed by atoms with Crippen molar-refractivity contribution in [1.29, 1.82) is 0 Å². The predicted octanol–water partition coefficient (Wildman–Crippen LogP) is 2.66. The Bertz CT molecular complexity index is 445. The Kier molecular flexibility index (Phi) is 4.89. The van der Waals surface area contributed by atoms with Gasteiger partial charge in [0.2, 0.25) is 0 Å². The van der Waals surface area contributed by atoms with Crippen LogP contribution in [-0.2, 0) is 0 Å². The molecule has 0 bridgehead atoms. The third kappa shape index (κ3) is 3.64. The molecular weight excluding hydrogens is 254 g/mol. The largest absolute Gasteiger partial charge is 0.493 e. The minimum absolute atomic E-state index is 0.170. The van der Waals surface area contributed by atoms with Crippen LogP contribution in [0, 0.1) is 0 Å². The number of hydrogen-bond acceptors (Lipinski definition) is 4. The first kappa shape index (κ1) is 15.1. The zero-order chi connectivity index (χ0) is 14.6. The predicted molar refractivity (Wildman–Crippen MR) is 79.4 cm³/mol. The van der Waals surface area contributed by atoms with Crippen LogP contribution >= 0.6 is 0 Å². The Hall–Kier alpha value is -1.26. The van der Waals surface area contributed by atoms with E-state index in [1.807, 2.05) is 19.2 Å². The summed E-state index contributed by atoms with van der Waals surface area (Å²) in [6.45, 7) is 5.05. The Morgan fingerprint density at radius 2 is 2.20 bits per heavy atom. The third-order valence-corrected chi connectivity index (χ3v) is 3.61. The van der Waals surface area contributed by atoms with E-state index >= 15 is 0 Å². The fraction of sp³-hybridized carbons (Fsp3) is 0.625. The molecule has 0 amide bonds. The highest BCUT2D eigenvalue weighted by molar-refractivity contribution is 5.44. The summed E-state index contributed by atoms with van der Waals surface area (Å²) in [5.74, 6) is 1.73. The normalized spacial score (nSPS) is 20.1. The van der Waals surface area contributed by atoms with Gasteiger partial charge in [-0.1, -0.05) is 6.07 Å². The van der Waals surface area contributed by atoms with Crippen LogP contribution in [0.25, 0.3) is 0 Å². The second kappa shape index (κ2) is 6.46. The van der Waals surface area contributed by atoms with Crippen LogP contribution < -0.4 is 14.8 Å². The number of unbranched alkanes of at least 4 members (excludes halogenated alkanes) is 1. The van der Waals surface area contributed by atoms with Gasteiger partial charge in [-0.3, -0.25) is 0 Å². The average Bonchev–Trinajstić information content (AvgIpc) is 2.41. The van der Waals surface area contributed by atoms with Crippen molar-refractivity contribution < 1.29 is 14.6 Å². The van der Waals surface area contributed by atoms with Gasteiger partial charge in [-0.2, -0.15) is 0 Å². The van der Waals surface area contributed by atoms with Crippen LogP contribution in [-0.4, -0.2) is 31.0 Å². The molecule has 1 unspecified atom stereocenters. The zero-order valence-electron chi connectivity index (χ0n) is 12.6. The van der Waals surface area contributed by atoms with Crippen molar-refractivity contribution in [2.75, 3.05) is 20.3 Å². The molecule has 1 atom stereocenters. The second-order valence-electron chi connectivity index (χ2n) is 5.89. The summed E-state index contributed by atoms with van der Waals surface area (Å²) in [6.07, 6.45) is 2.59. The quantitative estimate of drug-likeness (QED) is 0.786. The molecule has 0 saturated carbocycles. The molecular formula is C16H25NO3. The lowest BCUT2D eigenvalue weighted by Gasteiger charge is -2.37. The molecule has 2 rings (SSSR count). The zero-order valence-corrected chi connectivity index (χ0v) is 12.6. The molecule has 1 aliphatic heterocycles.